The highest BCUT2D eigenvalue weighted by Crippen LogP contribution is 2.33. The molecule has 2 unspecified atom stereocenters. The van der Waals surface area contributed by atoms with E-state index >= 15 is 0 Å². The Kier molecular flexibility index (Phi) is 3.85. The number of ether oxygens (including phenoxy) is 1. The van der Waals surface area contributed by atoms with E-state index in [1.807, 2.05) is 0 Å². The Balaban J connectivity index is 2.37. The Morgan fingerprint density at radius 2 is 2.00 bits per heavy atom. The van der Waals surface area contributed by atoms with Gasteiger partial charge in [0.1, 0.15) is 0 Å². The first-order valence-corrected chi connectivity index (χ1v) is 6.52. The molecule has 2 heteroatoms. The van der Waals surface area contributed by atoms with Crippen LogP contribution in [0, 0.1) is 0 Å². The van der Waals surface area contributed by atoms with Gasteiger partial charge in [0.05, 0.1) is 18.8 Å². The van der Waals surface area contributed by atoms with Gasteiger partial charge in [0.2, 0.25) is 0 Å². The van der Waals surface area contributed by atoms with Crippen molar-refractivity contribution >= 4 is 0 Å². The predicted molar refractivity (Wildman–Crippen MR) is 71.3 cm³/mol. The van der Waals surface area contributed by atoms with Gasteiger partial charge in [-0.2, -0.15) is 0 Å². The highest BCUT2D eigenvalue weighted by molar-refractivity contribution is 5.33. The SMILES string of the molecule is CC(C)c1ccccc1C1C(C)OCCN1C. The number of benzene rings is 1. The van der Waals surface area contributed by atoms with Crippen LogP contribution in [-0.2, 0) is 4.74 Å². The van der Waals surface area contributed by atoms with E-state index in [0.717, 1.165) is 13.2 Å². The van der Waals surface area contributed by atoms with Crippen LogP contribution in [-0.4, -0.2) is 31.2 Å². The Morgan fingerprint density at radius 1 is 1.29 bits per heavy atom. The van der Waals surface area contributed by atoms with Crippen molar-refractivity contribution in [3.63, 3.8) is 0 Å². The summed E-state index contributed by atoms with van der Waals surface area (Å²) in [6.45, 7) is 8.55. The van der Waals surface area contributed by atoms with Gasteiger partial charge in [0, 0.05) is 6.54 Å². The van der Waals surface area contributed by atoms with E-state index < -0.39 is 0 Å². The molecule has 2 atom stereocenters. The van der Waals surface area contributed by atoms with Crippen LogP contribution >= 0.6 is 0 Å². The third-order valence-electron chi connectivity index (χ3n) is 3.68. The number of hydrogen-bond donors (Lipinski definition) is 0. The van der Waals surface area contributed by atoms with Crippen LogP contribution in [0.3, 0.4) is 0 Å². The molecule has 94 valence electrons. The van der Waals surface area contributed by atoms with Gasteiger partial charge < -0.3 is 4.74 Å². The molecule has 2 nitrogen and oxygen atoms in total. The molecule has 17 heavy (non-hydrogen) atoms. The lowest BCUT2D eigenvalue weighted by molar-refractivity contribution is -0.0532. The highest BCUT2D eigenvalue weighted by Gasteiger charge is 2.29. The second-order valence-corrected chi connectivity index (χ2v) is 5.28. The van der Waals surface area contributed by atoms with Crippen LogP contribution < -0.4 is 0 Å². The van der Waals surface area contributed by atoms with Crippen molar-refractivity contribution in [2.24, 2.45) is 0 Å². The standard InChI is InChI=1S/C15H23NO/c1-11(2)13-7-5-6-8-14(13)15-12(3)17-10-9-16(15)4/h5-8,11-12,15H,9-10H2,1-4H3. The Hall–Kier alpha value is -0.860. The minimum atomic E-state index is 0.272. The fourth-order valence-electron chi connectivity index (χ4n) is 2.77. The van der Waals surface area contributed by atoms with Crippen LogP contribution in [0.2, 0.25) is 0 Å². The average Bonchev–Trinajstić information content (AvgIpc) is 2.29. The largest absolute Gasteiger partial charge is 0.375 e. The van der Waals surface area contributed by atoms with Crippen molar-refractivity contribution < 1.29 is 4.74 Å². The maximum atomic E-state index is 5.81. The average molecular weight is 233 g/mol. The third kappa shape index (κ3) is 2.53. The first-order chi connectivity index (χ1) is 8.11. The molecule has 1 heterocycles. The maximum absolute atomic E-state index is 5.81. The Labute approximate surface area is 105 Å². The van der Waals surface area contributed by atoms with E-state index in [0.29, 0.717) is 12.0 Å². The van der Waals surface area contributed by atoms with E-state index in [1.54, 1.807) is 0 Å². The van der Waals surface area contributed by atoms with E-state index in [4.69, 9.17) is 4.74 Å². The van der Waals surface area contributed by atoms with Crippen molar-refractivity contribution in [2.75, 3.05) is 20.2 Å². The lowest BCUT2D eigenvalue weighted by Gasteiger charge is -2.39. The number of rotatable bonds is 2. The molecule has 1 fully saturated rings. The van der Waals surface area contributed by atoms with E-state index in [2.05, 4.69) is 57.0 Å². The Bertz CT molecular complexity index is 365. The van der Waals surface area contributed by atoms with Crippen molar-refractivity contribution in [1.29, 1.82) is 0 Å². The molecule has 0 aliphatic carbocycles. The summed E-state index contributed by atoms with van der Waals surface area (Å²) in [6.07, 6.45) is 0.272. The van der Waals surface area contributed by atoms with Crippen LogP contribution in [0.5, 0.6) is 0 Å². The smallest absolute Gasteiger partial charge is 0.0744 e. The van der Waals surface area contributed by atoms with Gasteiger partial charge >= 0.3 is 0 Å². The molecule has 2 rings (SSSR count). The zero-order valence-electron chi connectivity index (χ0n) is 11.3. The molecule has 0 amide bonds. The van der Waals surface area contributed by atoms with Gasteiger partial charge in [-0.15, -0.1) is 0 Å². The van der Waals surface area contributed by atoms with Gasteiger partial charge in [-0.1, -0.05) is 38.1 Å². The predicted octanol–water partition coefficient (Wildman–Crippen LogP) is 3.20. The molecule has 0 aromatic heterocycles. The quantitative estimate of drug-likeness (QED) is 0.777. The molecule has 0 saturated carbocycles. The lowest BCUT2D eigenvalue weighted by Crippen LogP contribution is -2.42. The lowest BCUT2D eigenvalue weighted by atomic mass is 9.89. The maximum Gasteiger partial charge on any atom is 0.0744 e. The van der Waals surface area contributed by atoms with Gasteiger partial charge in [0.15, 0.2) is 0 Å². The molecule has 0 radical (unpaired) electrons. The number of morpholine rings is 1. The normalized spacial score (nSPS) is 26.4. The second-order valence-electron chi connectivity index (χ2n) is 5.28. The molecule has 0 bridgehead atoms. The second kappa shape index (κ2) is 5.19. The van der Waals surface area contributed by atoms with E-state index in [-0.39, 0.29) is 6.10 Å². The van der Waals surface area contributed by atoms with Crippen LogP contribution in [0.1, 0.15) is 43.9 Å². The number of likely N-dealkylation sites (N-methyl/N-ethyl adjacent to an activating group) is 1. The molecule has 1 saturated heterocycles. The first-order valence-electron chi connectivity index (χ1n) is 6.52. The summed E-state index contributed by atoms with van der Waals surface area (Å²) in [5.74, 6) is 0.564. The van der Waals surface area contributed by atoms with Gasteiger partial charge in [-0.25, -0.2) is 0 Å². The van der Waals surface area contributed by atoms with Crippen molar-refractivity contribution in [2.45, 2.75) is 38.8 Å². The Morgan fingerprint density at radius 3 is 2.65 bits per heavy atom. The summed E-state index contributed by atoms with van der Waals surface area (Å²) in [7, 11) is 2.20. The summed E-state index contributed by atoms with van der Waals surface area (Å²) in [4.78, 5) is 2.41. The molecule has 0 N–H and O–H groups in total. The van der Waals surface area contributed by atoms with E-state index in [9.17, 15) is 0 Å². The molecule has 1 aromatic carbocycles. The zero-order chi connectivity index (χ0) is 12.4. The minimum Gasteiger partial charge on any atom is -0.375 e. The van der Waals surface area contributed by atoms with Crippen molar-refractivity contribution in [1.82, 2.24) is 4.90 Å². The van der Waals surface area contributed by atoms with Crippen molar-refractivity contribution in [3.8, 4) is 0 Å². The highest BCUT2D eigenvalue weighted by atomic mass is 16.5. The van der Waals surface area contributed by atoms with Gasteiger partial charge in [-0.05, 0) is 31.0 Å². The number of hydrogen-bond acceptors (Lipinski definition) is 2. The van der Waals surface area contributed by atoms with Crippen LogP contribution in [0.15, 0.2) is 24.3 Å². The first kappa shape index (κ1) is 12.6. The molecular formula is C15H23NO. The summed E-state index contributed by atoms with van der Waals surface area (Å²) in [6, 6.07) is 9.16. The van der Waals surface area contributed by atoms with Crippen molar-refractivity contribution in [3.05, 3.63) is 35.4 Å². The molecule has 0 spiro atoms. The zero-order valence-corrected chi connectivity index (χ0v) is 11.3. The van der Waals surface area contributed by atoms with Gasteiger partial charge in [0.25, 0.3) is 0 Å². The third-order valence-corrected chi connectivity index (χ3v) is 3.68. The molecular weight excluding hydrogens is 210 g/mol. The molecule has 1 aliphatic heterocycles. The monoisotopic (exact) mass is 233 g/mol. The minimum absolute atomic E-state index is 0.272. The van der Waals surface area contributed by atoms with E-state index in [1.165, 1.54) is 11.1 Å². The number of nitrogens with zero attached hydrogens (tertiary/aromatic N) is 1. The summed E-state index contributed by atoms with van der Waals surface area (Å²) >= 11 is 0. The summed E-state index contributed by atoms with van der Waals surface area (Å²) in [5, 5.41) is 0. The topological polar surface area (TPSA) is 12.5 Å². The van der Waals surface area contributed by atoms with Crippen LogP contribution in [0.4, 0.5) is 0 Å². The molecule has 1 aliphatic rings. The fraction of sp³-hybridized carbons (Fsp3) is 0.600. The van der Waals surface area contributed by atoms with Gasteiger partial charge in [-0.3, -0.25) is 4.90 Å². The fourth-order valence-corrected chi connectivity index (χ4v) is 2.77. The summed E-state index contributed by atoms with van der Waals surface area (Å²) < 4.78 is 5.81. The molecule has 1 aromatic rings. The van der Waals surface area contributed by atoms with Crippen LogP contribution in [0.25, 0.3) is 0 Å². The summed E-state index contributed by atoms with van der Waals surface area (Å²) in [5.41, 5.74) is 2.87.